The predicted molar refractivity (Wildman–Crippen MR) is 163 cm³/mol. The number of ketones is 1. The number of anilines is 1. The van der Waals surface area contributed by atoms with Crippen LogP contribution in [0.15, 0.2) is 83.9 Å². The lowest BCUT2D eigenvalue weighted by Crippen LogP contribution is -2.31. The van der Waals surface area contributed by atoms with Gasteiger partial charge in [0, 0.05) is 17.5 Å². The van der Waals surface area contributed by atoms with Gasteiger partial charge in [-0.2, -0.15) is 5.26 Å². The number of thioether (sulfide) groups is 1. The summed E-state index contributed by atoms with van der Waals surface area (Å²) in [6, 6.07) is 24.6. The highest BCUT2D eigenvalue weighted by Gasteiger charge is 2.41. The fraction of sp³-hybridized carbons (Fsp3) is 0.176. The average molecular weight is 590 g/mol. The van der Waals surface area contributed by atoms with Crippen molar-refractivity contribution in [2.45, 2.75) is 37.5 Å². The molecule has 1 aliphatic rings. The number of benzene rings is 3. The summed E-state index contributed by atoms with van der Waals surface area (Å²) in [6.07, 6.45) is -0.0608. The van der Waals surface area contributed by atoms with E-state index in [9.17, 15) is 24.4 Å². The van der Waals surface area contributed by atoms with E-state index in [-0.39, 0.29) is 17.8 Å². The van der Waals surface area contributed by atoms with E-state index in [1.165, 1.54) is 24.3 Å². The van der Waals surface area contributed by atoms with Crippen LogP contribution in [0.1, 0.15) is 49.4 Å². The van der Waals surface area contributed by atoms with Crippen LogP contribution in [0.4, 0.5) is 5.69 Å². The lowest BCUT2D eigenvalue weighted by Gasteiger charge is -2.16. The van der Waals surface area contributed by atoms with Gasteiger partial charge in [0.2, 0.25) is 11.8 Å². The molecule has 1 fully saturated rings. The topological polar surface area (TPSA) is 117 Å². The van der Waals surface area contributed by atoms with E-state index in [0.29, 0.717) is 27.5 Å². The van der Waals surface area contributed by atoms with Crippen molar-refractivity contribution in [3.63, 3.8) is 0 Å². The molecule has 4 aromatic rings. The number of nitrogens with zero attached hydrogens (tertiary/aromatic N) is 3. The van der Waals surface area contributed by atoms with Gasteiger partial charge in [-0.05, 0) is 56.7 Å². The van der Waals surface area contributed by atoms with Crippen molar-refractivity contribution in [2.75, 3.05) is 11.5 Å². The van der Waals surface area contributed by atoms with E-state index in [1.54, 1.807) is 30.3 Å². The van der Waals surface area contributed by atoms with Crippen molar-refractivity contribution in [3.05, 3.63) is 112 Å². The summed E-state index contributed by atoms with van der Waals surface area (Å²) in [6.45, 7) is 5.38. The maximum atomic E-state index is 13.4. The Balaban J connectivity index is 1.27. The lowest BCUT2D eigenvalue weighted by atomic mass is 10.0. The summed E-state index contributed by atoms with van der Waals surface area (Å²) >= 11 is 1.10. The Bertz CT molecular complexity index is 1780. The molecule has 2 heterocycles. The van der Waals surface area contributed by atoms with Gasteiger partial charge in [-0.1, -0.05) is 71.4 Å². The van der Waals surface area contributed by atoms with Gasteiger partial charge >= 0.3 is 5.97 Å². The number of imide groups is 1. The highest BCUT2D eigenvalue weighted by molar-refractivity contribution is 8.00. The van der Waals surface area contributed by atoms with Crippen molar-refractivity contribution in [3.8, 4) is 17.3 Å². The number of aromatic nitrogens is 1. The van der Waals surface area contributed by atoms with Crippen molar-refractivity contribution in [1.29, 1.82) is 5.26 Å². The summed E-state index contributed by atoms with van der Waals surface area (Å²) in [5, 5.41) is 9.37. The van der Waals surface area contributed by atoms with Crippen LogP contribution in [0.2, 0.25) is 0 Å². The van der Waals surface area contributed by atoms with Crippen LogP contribution in [-0.2, 0) is 14.3 Å². The Morgan fingerprint density at radius 2 is 1.53 bits per heavy atom. The molecule has 1 aliphatic heterocycles. The van der Waals surface area contributed by atoms with Crippen LogP contribution >= 0.6 is 11.8 Å². The maximum Gasteiger partial charge on any atom is 0.338 e. The van der Waals surface area contributed by atoms with Crippen molar-refractivity contribution < 1.29 is 23.9 Å². The number of rotatable bonds is 8. The highest BCUT2D eigenvalue weighted by atomic mass is 32.2. The highest BCUT2D eigenvalue weighted by Crippen LogP contribution is 2.36. The molecule has 43 heavy (non-hydrogen) atoms. The minimum absolute atomic E-state index is 0.0608. The largest absolute Gasteiger partial charge is 0.454 e. The zero-order valence-corrected chi connectivity index (χ0v) is 24.6. The number of ether oxygens (including phenoxy) is 1. The molecule has 1 unspecified atom stereocenters. The molecule has 0 spiro atoms. The molecule has 1 atom stereocenters. The summed E-state index contributed by atoms with van der Waals surface area (Å²) in [4.78, 5) is 57.0. The van der Waals surface area contributed by atoms with Gasteiger partial charge in [0.15, 0.2) is 12.4 Å². The number of Topliss-reactive ketones (excluding diaryl/α,β-unsaturated/α-hetero) is 1. The Morgan fingerprint density at radius 3 is 2.16 bits per heavy atom. The minimum Gasteiger partial charge on any atom is -0.454 e. The standard InChI is InChI=1S/C34H27N3O5S/c1-20-4-8-23(9-5-20)28(38)19-42-34(41)25-12-14-27(15-13-25)37-30(39)17-29(33(37)40)43-32-26(18-35)16-22(3)31(36-32)24-10-6-21(2)7-11-24/h4-16,29H,17,19H2,1-3H3. The summed E-state index contributed by atoms with van der Waals surface area (Å²) < 4.78 is 5.17. The third-order valence-corrected chi connectivity index (χ3v) is 8.24. The van der Waals surface area contributed by atoms with Crippen LogP contribution in [0.25, 0.3) is 11.3 Å². The Hall–Kier alpha value is -5.07. The fourth-order valence-corrected chi connectivity index (χ4v) is 5.73. The van der Waals surface area contributed by atoms with Crippen LogP contribution in [-0.4, -0.2) is 40.4 Å². The van der Waals surface area contributed by atoms with Gasteiger partial charge in [0.05, 0.1) is 27.8 Å². The molecule has 214 valence electrons. The number of hydrogen-bond donors (Lipinski definition) is 0. The normalized spacial score (nSPS) is 14.5. The van der Waals surface area contributed by atoms with E-state index >= 15 is 0 Å². The molecule has 2 amide bonds. The first kappa shape index (κ1) is 29.4. The van der Waals surface area contributed by atoms with Gasteiger partial charge in [0.1, 0.15) is 11.1 Å². The molecule has 1 aromatic heterocycles. The number of pyridine rings is 1. The van der Waals surface area contributed by atoms with Gasteiger partial charge in [-0.15, -0.1) is 0 Å². The molecule has 0 bridgehead atoms. The Morgan fingerprint density at radius 1 is 0.930 bits per heavy atom. The Labute approximate surface area is 253 Å². The smallest absolute Gasteiger partial charge is 0.338 e. The number of carbonyl (C=O) groups is 4. The summed E-state index contributed by atoms with van der Waals surface area (Å²) in [5.41, 5.74) is 5.82. The molecule has 1 saturated heterocycles. The second-order valence-corrected chi connectivity index (χ2v) is 11.5. The quantitative estimate of drug-likeness (QED) is 0.139. The predicted octanol–water partition coefficient (Wildman–Crippen LogP) is 6.01. The second kappa shape index (κ2) is 12.4. The second-order valence-electron chi connectivity index (χ2n) is 10.3. The van der Waals surface area contributed by atoms with E-state index < -0.39 is 29.6 Å². The number of nitriles is 1. The van der Waals surface area contributed by atoms with E-state index in [4.69, 9.17) is 9.72 Å². The SMILES string of the molecule is Cc1ccc(C(=O)COC(=O)c2ccc(N3C(=O)CC(Sc4nc(-c5ccc(C)cc5)c(C)cc4C#N)C3=O)cc2)cc1. The van der Waals surface area contributed by atoms with Gasteiger partial charge in [0.25, 0.3) is 0 Å². The average Bonchev–Trinajstić information content (AvgIpc) is 3.29. The van der Waals surface area contributed by atoms with Crippen molar-refractivity contribution in [2.24, 2.45) is 0 Å². The first-order chi connectivity index (χ1) is 20.6. The third-order valence-electron chi connectivity index (χ3n) is 7.05. The fourth-order valence-electron chi connectivity index (χ4n) is 4.66. The molecule has 0 aliphatic carbocycles. The van der Waals surface area contributed by atoms with Gasteiger partial charge < -0.3 is 4.74 Å². The molecule has 9 heteroatoms. The zero-order valence-electron chi connectivity index (χ0n) is 23.8. The zero-order chi connectivity index (χ0) is 30.7. The first-order valence-electron chi connectivity index (χ1n) is 13.5. The molecule has 0 saturated carbocycles. The van der Waals surface area contributed by atoms with E-state index in [2.05, 4.69) is 6.07 Å². The molecule has 0 N–H and O–H groups in total. The van der Waals surface area contributed by atoms with E-state index in [1.807, 2.05) is 45.0 Å². The van der Waals surface area contributed by atoms with Crippen LogP contribution in [0.5, 0.6) is 0 Å². The molecule has 5 rings (SSSR count). The van der Waals surface area contributed by atoms with Gasteiger partial charge in [-0.3, -0.25) is 14.4 Å². The monoisotopic (exact) mass is 589 g/mol. The molecule has 0 radical (unpaired) electrons. The van der Waals surface area contributed by atoms with Crippen LogP contribution < -0.4 is 4.90 Å². The minimum atomic E-state index is -0.766. The molecule has 3 aromatic carbocycles. The van der Waals surface area contributed by atoms with Crippen LogP contribution in [0, 0.1) is 32.1 Å². The van der Waals surface area contributed by atoms with E-state index in [0.717, 1.165) is 38.9 Å². The van der Waals surface area contributed by atoms with Crippen molar-refractivity contribution >= 4 is 41.0 Å². The Kier molecular flexibility index (Phi) is 8.51. The van der Waals surface area contributed by atoms with Crippen LogP contribution in [0.3, 0.4) is 0 Å². The number of esters is 1. The number of carbonyl (C=O) groups excluding carboxylic acids is 4. The number of amides is 2. The molecule has 8 nitrogen and oxygen atoms in total. The lowest BCUT2D eigenvalue weighted by molar-refractivity contribution is -0.121. The maximum absolute atomic E-state index is 13.4. The number of hydrogen-bond acceptors (Lipinski definition) is 8. The van der Waals surface area contributed by atoms with Crippen molar-refractivity contribution in [1.82, 2.24) is 4.98 Å². The number of aryl methyl sites for hydroxylation is 3. The molecular weight excluding hydrogens is 562 g/mol. The first-order valence-corrected chi connectivity index (χ1v) is 14.4. The van der Waals surface area contributed by atoms with Gasteiger partial charge in [-0.25, -0.2) is 14.7 Å². The molecular formula is C34H27N3O5S. The third kappa shape index (κ3) is 6.40. The summed E-state index contributed by atoms with van der Waals surface area (Å²) in [5.74, 6) is -1.85. The summed E-state index contributed by atoms with van der Waals surface area (Å²) in [7, 11) is 0.